The zero-order chi connectivity index (χ0) is 18.2. The number of fused-ring (bicyclic) bond motifs is 1. The summed E-state index contributed by atoms with van der Waals surface area (Å²) in [6.45, 7) is 4.67. The average Bonchev–Trinajstić information content (AvgIpc) is 3.01. The lowest BCUT2D eigenvalue weighted by Gasteiger charge is -2.43. The summed E-state index contributed by atoms with van der Waals surface area (Å²) in [6.07, 6.45) is 6.49. The van der Waals surface area contributed by atoms with Crippen LogP contribution in [0.25, 0.3) is 0 Å². The van der Waals surface area contributed by atoms with Crippen LogP contribution in [-0.2, 0) is 6.54 Å². The summed E-state index contributed by atoms with van der Waals surface area (Å²) in [5.74, 6) is -0.477. The highest BCUT2D eigenvalue weighted by atomic mass is 15.3. The van der Waals surface area contributed by atoms with Gasteiger partial charge in [0.1, 0.15) is 6.07 Å². The number of nitrogens with zero attached hydrogens (tertiary/aromatic N) is 5. The van der Waals surface area contributed by atoms with Crippen LogP contribution in [0.4, 0.5) is 0 Å². The van der Waals surface area contributed by atoms with Crippen LogP contribution in [-0.4, -0.2) is 9.78 Å². The van der Waals surface area contributed by atoms with E-state index in [0.717, 1.165) is 36.1 Å². The first kappa shape index (κ1) is 16.8. The highest BCUT2D eigenvalue weighted by molar-refractivity contribution is 5.59. The van der Waals surface area contributed by atoms with Gasteiger partial charge in [-0.3, -0.25) is 4.68 Å². The lowest BCUT2D eigenvalue weighted by molar-refractivity contribution is 0.316. The molecular weight excluding hydrogens is 312 g/mol. The molecule has 0 fully saturated rings. The van der Waals surface area contributed by atoms with Crippen molar-refractivity contribution >= 4 is 0 Å². The summed E-state index contributed by atoms with van der Waals surface area (Å²) in [6, 6.07) is 6.46. The van der Waals surface area contributed by atoms with Crippen molar-refractivity contribution < 1.29 is 0 Å². The number of hydrogen-bond donors (Lipinski definition) is 1. The van der Waals surface area contributed by atoms with Gasteiger partial charge in [-0.2, -0.15) is 20.9 Å². The number of aromatic nitrogens is 2. The second-order valence-electron chi connectivity index (χ2n) is 6.61. The van der Waals surface area contributed by atoms with E-state index in [2.05, 4.69) is 23.3 Å². The Labute approximate surface area is 147 Å². The molecule has 126 valence electrons. The van der Waals surface area contributed by atoms with E-state index in [1.807, 2.05) is 24.6 Å². The van der Waals surface area contributed by atoms with Gasteiger partial charge in [0, 0.05) is 18.2 Å². The number of allylic oxidation sites excluding steroid dienone is 4. The van der Waals surface area contributed by atoms with Gasteiger partial charge in [-0.05, 0) is 50.2 Å². The minimum atomic E-state index is -1.54. The largest absolute Gasteiger partial charge is 0.399 e. The predicted octanol–water partition coefficient (Wildman–Crippen LogP) is 2.81. The third-order valence-electron chi connectivity index (χ3n) is 5.57. The quantitative estimate of drug-likeness (QED) is 0.894. The lowest BCUT2D eigenvalue weighted by atomic mass is 9.57. The van der Waals surface area contributed by atoms with Crippen molar-refractivity contribution in [3.63, 3.8) is 0 Å². The van der Waals surface area contributed by atoms with Crippen molar-refractivity contribution in [3.05, 3.63) is 40.4 Å². The topological polar surface area (TPSA) is 115 Å². The predicted molar refractivity (Wildman–Crippen MR) is 91.3 cm³/mol. The van der Waals surface area contributed by atoms with Crippen LogP contribution >= 0.6 is 0 Å². The van der Waals surface area contributed by atoms with Crippen LogP contribution in [0.5, 0.6) is 0 Å². The Morgan fingerprint density at radius 2 is 2.08 bits per heavy atom. The standard InChI is InChI=1S/C19H20N6/c1-3-25-12(2)16(9-24-25)17-14-7-5-4-6-13(14)15(8-20)18(23)19(17,10-21)11-22/h6,9,14,17H,3-5,7,23H2,1-2H3. The lowest BCUT2D eigenvalue weighted by Crippen LogP contribution is -2.42. The molecule has 2 N–H and O–H groups in total. The summed E-state index contributed by atoms with van der Waals surface area (Å²) >= 11 is 0. The number of nitrogens with two attached hydrogens (primary N) is 1. The summed E-state index contributed by atoms with van der Waals surface area (Å²) in [5, 5.41) is 33.9. The molecule has 2 atom stereocenters. The molecule has 0 saturated heterocycles. The van der Waals surface area contributed by atoms with Crippen molar-refractivity contribution in [2.45, 2.75) is 45.6 Å². The van der Waals surface area contributed by atoms with E-state index in [0.29, 0.717) is 12.1 Å². The van der Waals surface area contributed by atoms with Gasteiger partial charge in [-0.25, -0.2) is 0 Å². The molecule has 0 saturated carbocycles. The van der Waals surface area contributed by atoms with E-state index in [-0.39, 0.29) is 11.6 Å². The summed E-state index contributed by atoms with van der Waals surface area (Å²) in [4.78, 5) is 0. The molecule has 2 unspecified atom stereocenters. The fraction of sp³-hybridized carbons (Fsp3) is 0.474. The molecule has 3 rings (SSSR count). The van der Waals surface area contributed by atoms with E-state index >= 15 is 0 Å². The van der Waals surface area contributed by atoms with Crippen molar-refractivity contribution in [2.75, 3.05) is 0 Å². The third kappa shape index (κ3) is 2.17. The molecule has 0 amide bonds. The van der Waals surface area contributed by atoms with Crippen molar-refractivity contribution in [3.8, 4) is 18.2 Å². The molecule has 6 heteroatoms. The van der Waals surface area contributed by atoms with E-state index in [1.54, 1.807) is 6.20 Å². The van der Waals surface area contributed by atoms with Gasteiger partial charge in [0.15, 0.2) is 5.41 Å². The van der Waals surface area contributed by atoms with Gasteiger partial charge >= 0.3 is 0 Å². The first-order valence-electron chi connectivity index (χ1n) is 8.51. The van der Waals surface area contributed by atoms with Gasteiger partial charge < -0.3 is 5.73 Å². The summed E-state index contributed by atoms with van der Waals surface area (Å²) < 4.78 is 1.86. The molecule has 0 radical (unpaired) electrons. The van der Waals surface area contributed by atoms with Crippen molar-refractivity contribution in [1.29, 1.82) is 15.8 Å². The van der Waals surface area contributed by atoms with Crippen LogP contribution in [0.1, 0.15) is 43.4 Å². The smallest absolute Gasteiger partial charge is 0.191 e. The number of rotatable bonds is 2. The van der Waals surface area contributed by atoms with Crippen LogP contribution in [0.2, 0.25) is 0 Å². The SMILES string of the molecule is CCn1ncc(C2C3CCCC=C3C(C#N)=C(N)C2(C#N)C#N)c1C. The maximum Gasteiger partial charge on any atom is 0.191 e. The zero-order valence-electron chi connectivity index (χ0n) is 14.5. The third-order valence-corrected chi connectivity index (χ3v) is 5.57. The van der Waals surface area contributed by atoms with E-state index in [1.165, 1.54) is 0 Å². The molecule has 1 aromatic heterocycles. The molecule has 0 bridgehead atoms. The fourth-order valence-corrected chi connectivity index (χ4v) is 4.30. The maximum absolute atomic E-state index is 9.96. The van der Waals surface area contributed by atoms with Gasteiger partial charge in [-0.1, -0.05) is 6.08 Å². The summed E-state index contributed by atoms with van der Waals surface area (Å²) in [7, 11) is 0. The molecule has 2 aliphatic carbocycles. The zero-order valence-corrected chi connectivity index (χ0v) is 14.5. The van der Waals surface area contributed by atoms with E-state index < -0.39 is 11.3 Å². The number of aryl methyl sites for hydroxylation is 1. The van der Waals surface area contributed by atoms with Crippen LogP contribution < -0.4 is 5.73 Å². The van der Waals surface area contributed by atoms with Crippen LogP contribution in [0.3, 0.4) is 0 Å². The molecular formula is C19H20N6. The molecule has 6 nitrogen and oxygen atoms in total. The fourth-order valence-electron chi connectivity index (χ4n) is 4.30. The highest BCUT2D eigenvalue weighted by Crippen LogP contribution is 2.56. The first-order valence-corrected chi connectivity index (χ1v) is 8.51. The number of nitriles is 3. The second kappa shape index (κ2) is 6.11. The second-order valence-corrected chi connectivity index (χ2v) is 6.61. The Balaban J connectivity index is 2.34. The Morgan fingerprint density at radius 3 is 2.64 bits per heavy atom. The van der Waals surface area contributed by atoms with Crippen molar-refractivity contribution in [1.82, 2.24) is 9.78 Å². The molecule has 0 aliphatic heterocycles. The first-order chi connectivity index (χ1) is 12.1. The van der Waals surface area contributed by atoms with Crippen LogP contribution in [0, 0.1) is 52.2 Å². The summed E-state index contributed by atoms with van der Waals surface area (Å²) in [5.41, 5.74) is 7.82. The Hall–Kier alpha value is -3.04. The molecule has 1 heterocycles. The van der Waals surface area contributed by atoms with E-state index in [4.69, 9.17) is 5.73 Å². The minimum Gasteiger partial charge on any atom is -0.399 e. The number of hydrogen-bond acceptors (Lipinski definition) is 5. The molecule has 0 aromatic carbocycles. The van der Waals surface area contributed by atoms with Crippen molar-refractivity contribution in [2.24, 2.45) is 17.1 Å². The maximum atomic E-state index is 9.96. The van der Waals surface area contributed by atoms with Gasteiger partial charge in [-0.15, -0.1) is 0 Å². The van der Waals surface area contributed by atoms with Gasteiger partial charge in [0.25, 0.3) is 0 Å². The van der Waals surface area contributed by atoms with Gasteiger partial charge in [0.05, 0.1) is 29.6 Å². The minimum absolute atomic E-state index is 0.0665. The normalized spacial score (nSPS) is 24.5. The Morgan fingerprint density at radius 1 is 1.36 bits per heavy atom. The Bertz CT molecular complexity index is 882. The van der Waals surface area contributed by atoms with E-state index in [9.17, 15) is 15.8 Å². The van der Waals surface area contributed by atoms with Crippen LogP contribution in [0.15, 0.2) is 29.1 Å². The van der Waals surface area contributed by atoms with Gasteiger partial charge in [0.2, 0.25) is 0 Å². The molecule has 25 heavy (non-hydrogen) atoms. The molecule has 1 aromatic rings. The monoisotopic (exact) mass is 332 g/mol. The highest BCUT2D eigenvalue weighted by Gasteiger charge is 2.54. The Kier molecular flexibility index (Phi) is 4.11. The molecule has 2 aliphatic rings. The average molecular weight is 332 g/mol. The molecule has 0 spiro atoms.